The number of amides is 1. The van der Waals surface area contributed by atoms with Crippen molar-refractivity contribution >= 4 is 11.6 Å². The van der Waals surface area contributed by atoms with Crippen LogP contribution in [-0.2, 0) is 4.79 Å². The van der Waals surface area contributed by atoms with Gasteiger partial charge in [0.1, 0.15) is 0 Å². The summed E-state index contributed by atoms with van der Waals surface area (Å²) in [6.07, 6.45) is 0. The van der Waals surface area contributed by atoms with Crippen molar-refractivity contribution in [2.24, 2.45) is 0 Å². The lowest BCUT2D eigenvalue weighted by Crippen LogP contribution is -2.31. The van der Waals surface area contributed by atoms with Crippen molar-refractivity contribution in [2.45, 2.75) is 19.9 Å². The van der Waals surface area contributed by atoms with Gasteiger partial charge in [0.15, 0.2) is 0 Å². The van der Waals surface area contributed by atoms with Crippen LogP contribution in [0.4, 0.5) is 5.69 Å². The molecule has 1 atom stereocenters. The summed E-state index contributed by atoms with van der Waals surface area (Å²) in [4.78, 5) is 21.0. The molecule has 0 fully saturated rings. The smallest absolute Gasteiger partial charge is 0.298 e. The molecule has 5 heteroatoms. The minimum atomic E-state index is -1.23. The fraction of sp³-hybridized carbons (Fsp3) is 0.300. The molecule has 1 unspecified atom stereocenters. The van der Waals surface area contributed by atoms with Crippen LogP contribution < -0.4 is 5.32 Å². The van der Waals surface area contributed by atoms with E-state index in [9.17, 15) is 14.9 Å². The fourth-order valence-electron chi connectivity index (χ4n) is 0.979. The minimum absolute atomic E-state index is 0.569. The van der Waals surface area contributed by atoms with E-state index in [-0.39, 0.29) is 0 Å². The first-order valence-electron chi connectivity index (χ1n) is 4.51. The standard InChI is InChI=1S/C10H12N2O3/c1-7-3-5-9(6-4-7)11-10(13)8(2)12(14)15/h3-6,8H,1-2H3,(H,11,13). The summed E-state index contributed by atoms with van der Waals surface area (Å²) in [6, 6.07) is 5.84. The number of nitrogens with zero attached hydrogens (tertiary/aromatic N) is 1. The maximum absolute atomic E-state index is 11.3. The van der Waals surface area contributed by atoms with Gasteiger partial charge in [-0.1, -0.05) is 17.7 Å². The van der Waals surface area contributed by atoms with E-state index in [0.717, 1.165) is 5.56 Å². The second kappa shape index (κ2) is 4.54. The average molecular weight is 208 g/mol. The Morgan fingerprint density at radius 1 is 1.40 bits per heavy atom. The number of benzene rings is 1. The molecule has 1 N–H and O–H groups in total. The molecule has 5 nitrogen and oxygen atoms in total. The summed E-state index contributed by atoms with van der Waals surface area (Å²) in [5, 5.41) is 12.8. The molecule has 15 heavy (non-hydrogen) atoms. The zero-order valence-electron chi connectivity index (χ0n) is 8.56. The molecule has 0 aliphatic carbocycles. The van der Waals surface area contributed by atoms with E-state index in [2.05, 4.69) is 5.32 Å². The maximum Gasteiger partial charge on any atom is 0.298 e. The van der Waals surface area contributed by atoms with Gasteiger partial charge in [0.05, 0.1) is 0 Å². The fourth-order valence-corrected chi connectivity index (χ4v) is 0.979. The van der Waals surface area contributed by atoms with Crippen molar-refractivity contribution < 1.29 is 9.72 Å². The number of aryl methyl sites for hydroxylation is 1. The highest BCUT2D eigenvalue weighted by Gasteiger charge is 2.23. The van der Waals surface area contributed by atoms with Crippen LogP contribution in [-0.4, -0.2) is 16.9 Å². The molecule has 0 heterocycles. The largest absolute Gasteiger partial charge is 0.320 e. The van der Waals surface area contributed by atoms with Crippen LogP contribution in [0.2, 0.25) is 0 Å². The quantitative estimate of drug-likeness (QED) is 0.605. The molecular formula is C10H12N2O3. The van der Waals surface area contributed by atoms with Gasteiger partial charge < -0.3 is 5.32 Å². The maximum atomic E-state index is 11.3. The Labute approximate surface area is 87.3 Å². The highest BCUT2D eigenvalue weighted by Crippen LogP contribution is 2.09. The van der Waals surface area contributed by atoms with Gasteiger partial charge in [-0.3, -0.25) is 14.9 Å². The second-order valence-corrected chi connectivity index (χ2v) is 3.32. The number of carbonyl (C=O) groups excluding carboxylic acids is 1. The number of hydrogen-bond acceptors (Lipinski definition) is 3. The number of nitrogens with one attached hydrogen (secondary N) is 1. The molecule has 0 radical (unpaired) electrons. The number of rotatable bonds is 3. The average Bonchev–Trinajstić information content (AvgIpc) is 2.20. The number of hydrogen-bond donors (Lipinski definition) is 1. The van der Waals surface area contributed by atoms with Crippen LogP contribution in [0, 0.1) is 17.0 Å². The molecule has 80 valence electrons. The van der Waals surface area contributed by atoms with Gasteiger partial charge in [0.25, 0.3) is 11.9 Å². The van der Waals surface area contributed by atoms with Crippen LogP contribution >= 0.6 is 0 Å². The van der Waals surface area contributed by atoms with E-state index in [1.807, 2.05) is 19.1 Å². The summed E-state index contributed by atoms with van der Waals surface area (Å²) in [7, 11) is 0. The Morgan fingerprint density at radius 2 is 1.93 bits per heavy atom. The lowest BCUT2D eigenvalue weighted by atomic mass is 10.2. The summed E-state index contributed by atoms with van der Waals surface area (Å²) in [6.45, 7) is 3.18. The van der Waals surface area contributed by atoms with Gasteiger partial charge in [-0.15, -0.1) is 0 Å². The molecule has 0 saturated heterocycles. The Kier molecular flexibility index (Phi) is 3.38. The number of nitro groups is 1. The Morgan fingerprint density at radius 3 is 2.40 bits per heavy atom. The highest BCUT2D eigenvalue weighted by atomic mass is 16.6. The SMILES string of the molecule is Cc1ccc(NC(=O)C(C)[N+](=O)[O-])cc1. The molecule has 0 saturated carbocycles. The first kappa shape index (κ1) is 11.2. The zero-order valence-corrected chi connectivity index (χ0v) is 8.56. The van der Waals surface area contributed by atoms with Crippen molar-refractivity contribution in [3.8, 4) is 0 Å². The molecule has 0 aliphatic heterocycles. The van der Waals surface area contributed by atoms with Crippen LogP contribution in [0.15, 0.2) is 24.3 Å². The van der Waals surface area contributed by atoms with Crippen LogP contribution in [0.25, 0.3) is 0 Å². The van der Waals surface area contributed by atoms with Gasteiger partial charge in [-0.05, 0) is 19.1 Å². The van der Waals surface area contributed by atoms with E-state index < -0.39 is 16.9 Å². The van der Waals surface area contributed by atoms with Gasteiger partial charge in [-0.25, -0.2) is 0 Å². The van der Waals surface area contributed by atoms with E-state index >= 15 is 0 Å². The summed E-state index contributed by atoms with van der Waals surface area (Å²) < 4.78 is 0. The third kappa shape index (κ3) is 3.05. The van der Waals surface area contributed by atoms with E-state index in [1.165, 1.54) is 6.92 Å². The molecule has 1 aromatic rings. The summed E-state index contributed by atoms with van der Waals surface area (Å²) in [5.74, 6) is -0.608. The highest BCUT2D eigenvalue weighted by molar-refractivity contribution is 5.93. The first-order valence-corrected chi connectivity index (χ1v) is 4.51. The van der Waals surface area contributed by atoms with Crippen molar-refractivity contribution in [1.29, 1.82) is 0 Å². The van der Waals surface area contributed by atoms with E-state index in [1.54, 1.807) is 12.1 Å². The molecule has 1 amide bonds. The van der Waals surface area contributed by atoms with Gasteiger partial charge in [0.2, 0.25) is 0 Å². The molecule has 0 spiro atoms. The van der Waals surface area contributed by atoms with Gasteiger partial charge >= 0.3 is 0 Å². The van der Waals surface area contributed by atoms with Crippen molar-refractivity contribution in [1.82, 2.24) is 0 Å². The second-order valence-electron chi connectivity index (χ2n) is 3.32. The van der Waals surface area contributed by atoms with E-state index in [0.29, 0.717) is 5.69 Å². The Balaban J connectivity index is 2.66. The van der Waals surface area contributed by atoms with Crippen molar-refractivity contribution in [3.05, 3.63) is 39.9 Å². The summed E-state index contributed by atoms with van der Waals surface area (Å²) >= 11 is 0. The topological polar surface area (TPSA) is 72.2 Å². The number of anilines is 1. The molecule has 1 aromatic carbocycles. The Hall–Kier alpha value is -1.91. The molecule has 1 rings (SSSR count). The minimum Gasteiger partial charge on any atom is -0.320 e. The van der Waals surface area contributed by atoms with Crippen LogP contribution in [0.5, 0.6) is 0 Å². The predicted octanol–water partition coefficient (Wildman–Crippen LogP) is 1.60. The number of carbonyl (C=O) groups is 1. The lowest BCUT2D eigenvalue weighted by Gasteiger charge is -2.06. The molecule has 0 aliphatic rings. The molecular weight excluding hydrogens is 196 g/mol. The van der Waals surface area contributed by atoms with E-state index in [4.69, 9.17) is 0 Å². The predicted molar refractivity (Wildman–Crippen MR) is 56.3 cm³/mol. The molecule has 0 aromatic heterocycles. The van der Waals surface area contributed by atoms with Crippen LogP contribution in [0.1, 0.15) is 12.5 Å². The lowest BCUT2D eigenvalue weighted by molar-refractivity contribution is -0.502. The third-order valence-corrected chi connectivity index (χ3v) is 2.01. The first-order chi connectivity index (χ1) is 7.00. The van der Waals surface area contributed by atoms with Crippen molar-refractivity contribution in [2.75, 3.05) is 5.32 Å². The van der Waals surface area contributed by atoms with Gasteiger partial charge in [0, 0.05) is 17.5 Å². The summed E-state index contributed by atoms with van der Waals surface area (Å²) in [5.41, 5.74) is 1.63. The molecule has 0 bridgehead atoms. The zero-order chi connectivity index (χ0) is 11.4. The third-order valence-electron chi connectivity index (χ3n) is 2.01. The normalized spacial score (nSPS) is 11.9. The Bertz CT molecular complexity index is 373. The van der Waals surface area contributed by atoms with Crippen molar-refractivity contribution in [3.63, 3.8) is 0 Å². The van der Waals surface area contributed by atoms with Gasteiger partial charge in [-0.2, -0.15) is 0 Å². The van der Waals surface area contributed by atoms with Crippen LogP contribution in [0.3, 0.4) is 0 Å². The monoisotopic (exact) mass is 208 g/mol.